The van der Waals surface area contributed by atoms with E-state index in [1.54, 1.807) is 0 Å². The molecule has 0 aliphatic carbocycles. The molecule has 1 aromatic rings. The molecular formula is C14H21NO2. The predicted molar refractivity (Wildman–Crippen MR) is 68.5 cm³/mol. The predicted octanol–water partition coefficient (Wildman–Crippen LogP) is 1.88. The molecular weight excluding hydrogens is 214 g/mol. The highest BCUT2D eigenvalue weighted by Crippen LogP contribution is 2.06. The van der Waals surface area contributed by atoms with Gasteiger partial charge in [-0.05, 0) is 24.0 Å². The number of aliphatic hydroxyl groups is 1. The molecule has 0 aromatic heterocycles. The molecule has 1 atom stereocenters. The average Bonchev–Trinajstić information content (AvgIpc) is 2.38. The van der Waals surface area contributed by atoms with Gasteiger partial charge < -0.3 is 10.4 Å². The second-order valence-corrected chi connectivity index (χ2v) is 4.18. The molecule has 94 valence electrons. The van der Waals surface area contributed by atoms with Crippen molar-refractivity contribution in [2.24, 2.45) is 5.92 Å². The van der Waals surface area contributed by atoms with Gasteiger partial charge in [0.1, 0.15) is 0 Å². The van der Waals surface area contributed by atoms with E-state index in [-0.39, 0.29) is 18.4 Å². The number of aryl methyl sites for hydroxylation is 1. The zero-order valence-corrected chi connectivity index (χ0v) is 10.6. The number of aliphatic hydroxyl groups excluding tert-OH is 1. The molecule has 0 bridgehead atoms. The Morgan fingerprint density at radius 1 is 1.24 bits per heavy atom. The van der Waals surface area contributed by atoms with Crippen LogP contribution in [0.15, 0.2) is 24.3 Å². The average molecular weight is 235 g/mol. The van der Waals surface area contributed by atoms with Gasteiger partial charge in [0.15, 0.2) is 0 Å². The minimum absolute atomic E-state index is 0.0745. The number of hydrogen-bond donors (Lipinski definition) is 2. The van der Waals surface area contributed by atoms with Crippen LogP contribution >= 0.6 is 0 Å². The molecule has 17 heavy (non-hydrogen) atoms. The maximum absolute atomic E-state index is 11.6. The summed E-state index contributed by atoms with van der Waals surface area (Å²) in [6.07, 6.45) is 1.69. The van der Waals surface area contributed by atoms with Crippen LogP contribution in [0.4, 0.5) is 0 Å². The summed E-state index contributed by atoms with van der Waals surface area (Å²) in [7, 11) is 0. The summed E-state index contributed by atoms with van der Waals surface area (Å²) in [6.45, 7) is 4.46. The third kappa shape index (κ3) is 4.19. The smallest absolute Gasteiger partial charge is 0.225 e. The Morgan fingerprint density at radius 2 is 1.82 bits per heavy atom. The van der Waals surface area contributed by atoms with Crippen LogP contribution in [-0.4, -0.2) is 17.6 Å². The highest BCUT2D eigenvalue weighted by molar-refractivity contribution is 5.78. The van der Waals surface area contributed by atoms with Crippen LogP contribution in [0.1, 0.15) is 31.4 Å². The standard InChI is InChI=1S/C14H21NO2/c1-3-11-5-7-12(8-6-11)9-15-14(17)13(4-2)10-16/h5-8,13,16H,3-4,9-10H2,1-2H3,(H,15,17). The highest BCUT2D eigenvalue weighted by Gasteiger charge is 2.14. The molecule has 1 aromatic carbocycles. The van der Waals surface area contributed by atoms with Crippen molar-refractivity contribution in [2.45, 2.75) is 33.2 Å². The van der Waals surface area contributed by atoms with E-state index < -0.39 is 0 Å². The fourth-order valence-electron chi connectivity index (χ4n) is 1.62. The maximum atomic E-state index is 11.6. The van der Waals surface area contributed by atoms with E-state index in [9.17, 15) is 4.79 Å². The lowest BCUT2D eigenvalue weighted by Crippen LogP contribution is -2.31. The van der Waals surface area contributed by atoms with Gasteiger partial charge in [0.25, 0.3) is 0 Å². The van der Waals surface area contributed by atoms with Crippen LogP contribution < -0.4 is 5.32 Å². The molecule has 0 heterocycles. The molecule has 0 fully saturated rings. The van der Waals surface area contributed by atoms with Crippen LogP contribution in [0.2, 0.25) is 0 Å². The number of rotatable bonds is 6. The van der Waals surface area contributed by atoms with Gasteiger partial charge in [0, 0.05) is 6.54 Å². The number of amides is 1. The van der Waals surface area contributed by atoms with E-state index >= 15 is 0 Å². The first-order valence-electron chi connectivity index (χ1n) is 6.17. The Kier molecular flexibility index (Phi) is 5.70. The zero-order valence-electron chi connectivity index (χ0n) is 10.6. The molecule has 0 radical (unpaired) electrons. The van der Waals surface area contributed by atoms with Crippen molar-refractivity contribution < 1.29 is 9.90 Å². The van der Waals surface area contributed by atoms with Crippen molar-refractivity contribution in [1.29, 1.82) is 0 Å². The van der Waals surface area contributed by atoms with Gasteiger partial charge in [-0.2, -0.15) is 0 Å². The second-order valence-electron chi connectivity index (χ2n) is 4.18. The van der Waals surface area contributed by atoms with Gasteiger partial charge in [-0.15, -0.1) is 0 Å². The topological polar surface area (TPSA) is 49.3 Å². The summed E-state index contributed by atoms with van der Waals surface area (Å²) >= 11 is 0. The summed E-state index contributed by atoms with van der Waals surface area (Å²) in [4.78, 5) is 11.6. The summed E-state index contributed by atoms with van der Waals surface area (Å²) in [6, 6.07) is 8.20. The number of nitrogens with one attached hydrogen (secondary N) is 1. The molecule has 3 heteroatoms. The molecule has 1 amide bonds. The summed E-state index contributed by atoms with van der Waals surface area (Å²) in [5.74, 6) is -0.362. The van der Waals surface area contributed by atoms with Crippen LogP contribution in [0.25, 0.3) is 0 Å². The Morgan fingerprint density at radius 3 is 2.29 bits per heavy atom. The van der Waals surface area contributed by atoms with E-state index in [2.05, 4.69) is 24.4 Å². The van der Waals surface area contributed by atoms with Gasteiger partial charge in [0.2, 0.25) is 5.91 Å². The summed E-state index contributed by atoms with van der Waals surface area (Å²) in [5, 5.41) is 11.8. The summed E-state index contributed by atoms with van der Waals surface area (Å²) < 4.78 is 0. The molecule has 1 unspecified atom stereocenters. The first-order chi connectivity index (χ1) is 8.21. The SMILES string of the molecule is CCc1ccc(CNC(=O)C(CC)CO)cc1. The maximum Gasteiger partial charge on any atom is 0.225 e. The van der Waals surface area contributed by atoms with Gasteiger partial charge >= 0.3 is 0 Å². The molecule has 3 nitrogen and oxygen atoms in total. The Balaban J connectivity index is 2.46. The normalized spacial score (nSPS) is 12.2. The molecule has 0 saturated carbocycles. The van der Waals surface area contributed by atoms with Crippen molar-refractivity contribution in [1.82, 2.24) is 5.32 Å². The highest BCUT2D eigenvalue weighted by atomic mass is 16.3. The van der Waals surface area contributed by atoms with Crippen molar-refractivity contribution in [3.8, 4) is 0 Å². The molecule has 0 aliphatic heterocycles. The van der Waals surface area contributed by atoms with E-state index in [0.717, 1.165) is 12.0 Å². The first kappa shape index (κ1) is 13.7. The number of hydrogen-bond acceptors (Lipinski definition) is 2. The van der Waals surface area contributed by atoms with Gasteiger partial charge in [-0.25, -0.2) is 0 Å². The fraction of sp³-hybridized carbons (Fsp3) is 0.500. The fourth-order valence-corrected chi connectivity index (χ4v) is 1.62. The molecule has 0 spiro atoms. The minimum atomic E-state index is -0.287. The lowest BCUT2D eigenvalue weighted by molar-refractivity contribution is -0.126. The third-order valence-electron chi connectivity index (χ3n) is 2.98. The quantitative estimate of drug-likeness (QED) is 0.791. The van der Waals surface area contributed by atoms with E-state index in [1.807, 2.05) is 19.1 Å². The monoisotopic (exact) mass is 235 g/mol. The lowest BCUT2D eigenvalue weighted by Gasteiger charge is -2.12. The van der Waals surface area contributed by atoms with Gasteiger partial charge in [0.05, 0.1) is 12.5 Å². The Bertz CT molecular complexity index is 342. The molecule has 1 rings (SSSR count). The van der Waals surface area contributed by atoms with Crippen molar-refractivity contribution in [3.63, 3.8) is 0 Å². The van der Waals surface area contributed by atoms with Crippen LogP contribution in [0.3, 0.4) is 0 Å². The molecule has 2 N–H and O–H groups in total. The van der Waals surface area contributed by atoms with E-state index in [4.69, 9.17) is 5.11 Å². The number of carbonyl (C=O) groups is 1. The van der Waals surface area contributed by atoms with Crippen LogP contribution in [0, 0.1) is 5.92 Å². The van der Waals surface area contributed by atoms with Crippen molar-refractivity contribution in [3.05, 3.63) is 35.4 Å². The number of benzene rings is 1. The third-order valence-corrected chi connectivity index (χ3v) is 2.98. The Labute approximate surface area is 103 Å². The van der Waals surface area contributed by atoms with Gasteiger partial charge in [-0.3, -0.25) is 4.79 Å². The second kappa shape index (κ2) is 7.07. The zero-order chi connectivity index (χ0) is 12.7. The van der Waals surface area contributed by atoms with Crippen LogP contribution in [-0.2, 0) is 17.8 Å². The van der Waals surface area contributed by atoms with E-state index in [1.165, 1.54) is 5.56 Å². The van der Waals surface area contributed by atoms with E-state index in [0.29, 0.717) is 13.0 Å². The number of carbonyl (C=O) groups excluding carboxylic acids is 1. The molecule has 0 aliphatic rings. The van der Waals surface area contributed by atoms with Crippen LogP contribution in [0.5, 0.6) is 0 Å². The lowest BCUT2D eigenvalue weighted by atomic mass is 10.1. The Hall–Kier alpha value is -1.35. The van der Waals surface area contributed by atoms with Crippen molar-refractivity contribution in [2.75, 3.05) is 6.61 Å². The molecule has 0 saturated heterocycles. The van der Waals surface area contributed by atoms with Crippen molar-refractivity contribution >= 4 is 5.91 Å². The van der Waals surface area contributed by atoms with Gasteiger partial charge in [-0.1, -0.05) is 38.1 Å². The largest absolute Gasteiger partial charge is 0.396 e. The summed E-state index contributed by atoms with van der Waals surface area (Å²) in [5.41, 5.74) is 2.38. The minimum Gasteiger partial charge on any atom is -0.396 e. The first-order valence-corrected chi connectivity index (χ1v) is 6.17.